The average molecular weight is 419 g/mol. The van der Waals surface area contributed by atoms with Gasteiger partial charge in [0.15, 0.2) is 0 Å². The third kappa shape index (κ3) is 5.21. The molecule has 1 amide bonds. The summed E-state index contributed by atoms with van der Waals surface area (Å²) in [7, 11) is 0. The fourth-order valence-corrected chi connectivity index (χ4v) is 4.12. The predicted octanol–water partition coefficient (Wildman–Crippen LogP) is 3.22. The lowest BCUT2D eigenvalue weighted by molar-refractivity contribution is -0.121. The summed E-state index contributed by atoms with van der Waals surface area (Å²) in [4.78, 5) is 15.4. The Kier molecular flexibility index (Phi) is 6.79. The first kappa shape index (κ1) is 21.3. The number of benzene rings is 2. The molecule has 0 unspecified atom stereocenters. The predicted molar refractivity (Wildman–Crippen MR) is 121 cm³/mol. The zero-order valence-corrected chi connectivity index (χ0v) is 18.3. The van der Waals surface area contributed by atoms with Gasteiger partial charge in [0.25, 0.3) is 0 Å². The molecule has 3 aromatic rings. The number of aryl methyl sites for hydroxylation is 1. The van der Waals surface area contributed by atoms with Crippen LogP contribution < -0.4 is 5.32 Å². The Labute approximate surface area is 183 Å². The number of hydrogen-bond acceptors (Lipinski definition) is 4. The second-order valence-electron chi connectivity index (χ2n) is 8.02. The van der Waals surface area contributed by atoms with E-state index in [4.69, 9.17) is 4.74 Å². The molecule has 2 heterocycles. The smallest absolute Gasteiger partial charge is 0.225 e. The Morgan fingerprint density at radius 3 is 2.35 bits per heavy atom. The Hall–Kier alpha value is -2.96. The molecule has 2 aromatic carbocycles. The van der Waals surface area contributed by atoms with Crippen molar-refractivity contribution in [3.63, 3.8) is 0 Å². The van der Waals surface area contributed by atoms with Crippen LogP contribution in [0.25, 0.3) is 5.69 Å². The first-order valence-electron chi connectivity index (χ1n) is 10.9. The van der Waals surface area contributed by atoms with Crippen LogP contribution in [0.1, 0.15) is 28.6 Å². The van der Waals surface area contributed by atoms with Gasteiger partial charge in [-0.2, -0.15) is 5.10 Å². The Bertz CT molecular complexity index is 995. The minimum atomic E-state index is -0.0587. The highest BCUT2D eigenvalue weighted by atomic mass is 16.5. The monoisotopic (exact) mass is 418 g/mol. The number of para-hydroxylation sites is 1. The highest BCUT2D eigenvalue weighted by Crippen LogP contribution is 2.20. The van der Waals surface area contributed by atoms with Crippen LogP contribution in [-0.2, 0) is 16.0 Å². The molecule has 1 atom stereocenters. The van der Waals surface area contributed by atoms with E-state index in [1.54, 1.807) is 0 Å². The van der Waals surface area contributed by atoms with Crippen molar-refractivity contribution < 1.29 is 9.53 Å². The summed E-state index contributed by atoms with van der Waals surface area (Å²) in [5.41, 5.74) is 5.00. The summed E-state index contributed by atoms with van der Waals surface area (Å²) in [6.45, 7) is 8.04. The SMILES string of the molecule is Cc1nn(-c2ccccc2)c(C)c1CC(=O)N[C@H](CN1CCOCC1)c1ccccc1. The standard InChI is InChI=1S/C25H30N4O2/c1-19-23(20(2)29(27-19)22-11-7-4-8-12-22)17-25(30)26-24(21-9-5-3-6-10-21)18-28-13-15-31-16-14-28/h3-12,24H,13-18H2,1-2H3,(H,26,30)/t24-/m1/s1. The minimum Gasteiger partial charge on any atom is -0.379 e. The number of amides is 1. The van der Waals surface area contributed by atoms with Gasteiger partial charge < -0.3 is 10.1 Å². The zero-order chi connectivity index (χ0) is 21.6. The van der Waals surface area contributed by atoms with Crippen LogP contribution in [0.5, 0.6) is 0 Å². The van der Waals surface area contributed by atoms with Gasteiger partial charge in [0.05, 0.1) is 37.1 Å². The lowest BCUT2D eigenvalue weighted by Crippen LogP contribution is -2.43. The molecule has 0 bridgehead atoms. The molecule has 1 aliphatic heterocycles. The van der Waals surface area contributed by atoms with Gasteiger partial charge in [0, 0.05) is 30.9 Å². The number of nitrogens with zero attached hydrogens (tertiary/aromatic N) is 3. The maximum absolute atomic E-state index is 13.1. The largest absolute Gasteiger partial charge is 0.379 e. The first-order chi connectivity index (χ1) is 15.1. The molecule has 4 rings (SSSR count). The van der Waals surface area contributed by atoms with Gasteiger partial charge in [-0.1, -0.05) is 48.5 Å². The molecule has 0 spiro atoms. The maximum atomic E-state index is 13.1. The Balaban J connectivity index is 1.49. The average Bonchev–Trinajstić information content (AvgIpc) is 3.09. The summed E-state index contributed by atoms with van der Waals surface area (Å²) >= 11 is 0. The molecular weight excluding hydrogens is 388 g/mol. The van der Waals surface area contributed by atoms with E-state index in [2.05, 4.69) is 27.4 Å². The van der Waals surface area contributed by atoms with Crippen molar-refractivity contribution in [1.29, 1.82) is 0 Å². The number of hydrogen-bond donors (Lipinski definition) is 1. The van der Waals surface area contributed by atoms with Crippen LogP contribution in [0.3, 0.4) is 0 Å². The zero-order valence-electron chi connectivity index (χ0n) is 18.3. The highest BCUT2D eigenvalue weighted by molar-refractivity contribution is 5.79. The molecule has 162 valence electrons. The third-order valence-electron chi connectivity index (χ3n) is 5.86. The van der Waals surface area contributed by atoms with Crippen LogP contribution in [0.2, 0.25) is 0 Å². The lowest BCUT2D eigenvalue weighted by Gasteiger charge is -2.31. The summed E-state index contributed by atoms with van der Waals surface area (Å²) in [6.07, 6.45) is 0.316. The van der Waals surface area contributed by atoms with E-state index >= 15 is 0 Å². The summed E-state index contributed by atoms with van der Waals surface area (Å²) < 4.78 is 7.39. The lowest BCUT2D eigenvalue weighted by atomic mass is 10.0. The molecule has 1 aromatic heterocycles. The van der Waals surface area contributed by atoms with Crippen molar-refractivity contribution in [2.75, 3.05) is 32.8 Å². The Morgan fingerprint density at radius 1 is 1.03 bits per heavy atom. The van der Waals surface area contributed by atoms with E-state index in [0.717, 1.165) is 61.1 Å². The van der Waals surface area contributed by atoms with Crippen LogP contribution in [0.4, 0.5) is 0 Å². The van der Waals surface area contributed by atoms with Crippen molar-refractivity contribution in [3.05, 3.63) is 83.2 Å². The number of morpholine rings is 1. The Morgan fingerprint density at radius 2 is 1.68 bits per heavy atom. The second kappa shape index (κ2) is 9.90. The van der Waals surface area contributed by atoms with E-state index in [-0.39, 0.29) is 11.9 Å². The van der Waals surface area contributed by atoms with E-state index in [1.165, 1.54) is 0 Å². The summed E-state index contributed by atoms with van der Waals surface area (Å²) in [5, 5.41) is 7.95. The first-order valence-corrected chi connectivity index (χ1v) is 10.9. The van der Waals surface area contributed by atoms with E-state index < -0.39 is 0 Å². The number of nitrogens with one attached hydrogen (secondary N) is 1. The molecule has 1 N–H and O–H groups in total. The van der Waals surface area contributed by atoms with Gasteiger partial charge in [-0.25, -0.2) is 4.68 Å². The molecule has 0 saturated carbocycles. The van der Waals surface area contributed by atoms with Gasteiger partial charge in [-0.3, -0.25) is 9.69 Å². The number of ether oxygens (including phenoxy) is 1. The molecule has 1 aliphatic rings. The van der Waals surface area contributed by atoms with Crippen molar-refractivity contribution in [3.8, 4) is 5.69 Å². The van der Waals surface area contributed by atoms with Gasteiger partial charge in [0.2, 0.25) is 5.91 Å². The van der Waals surface area contributed by atoms with Crippen molar-refractivity contribution in [2.45, 2.75) is 26.3 Å². The molecule has 6 heteroatoms. The van der Waals surface area contributed by atoms with E-state index in [1.807, 2.05) is 67.1 Å². The fourth-order valence-electron chi connectivity index (χ4n) is 4.12. The maximum Gasteiger partial charge on any atom is 0.225 e. The fraction of sp³-hybridized carbons (Fsp3) is 0.360. The van der Waals surface area contributed by atoms with Gasteiger partial charge in [-0.15, -0.1) is 0 Å². The van der Waals surface area contributed by atoms with Crippen molar-refractivity contribution in [2.24, 2.45) is 0 Å². The van der Waals surface area contributed by atoms with Crippen LogP contribution in [-0.4, -0.2) is 53.4 Å². The summed E-state index contributed by atoms with van der Waals surface area (Å²) in [6, 6.07) is 20.2. The molecule has 1 fully saturated rings. The van der Waals surface area contributed by atoms with Crippen LogP contribution in [0.15, 0.2) is 60.7 Å². The van der Waals surface area contributed by atoms with Crippen LogP contribution in [0, 0.1) is 13.8 Å². The van der Waals surface area contributed by atoms with Gasteiger partial charge >= 0.3 is 0 Å². The summed E-state index contributed by atoms with van der Waals surface area (Å²) in [5.74, 6) is 0.0147. The molecule has 0 aliphatic carbocycles. The topological polar surface area (TPSA) is 59.4 Å². The molecule has 0 radical (unpaired) electrons. The number of carbonyl (C=O) groups excluding carboxylic acids is 1. The number of rotatable bonds is 7. The third-order valence-corrected chi connectivity index (χ3v) is 5.86. The van der Waals surface area contributed by atoms with E-state index in [9.17, 15) is 4.79 Å². The highest BCUT2D eigenvalue weighted by Gasteiger charge is 2.22. The van der Waals surface area contributed by atoms with E-state index in [0.29, 0.717) is 6.42 Å². The number of carbonyl (C=O) groups is 1. The molecular formula is C25H30N4O2. The quantitative estimate of drug-likeness (QED) is 0.640. The second-order valence-corrected chi connectivity index (χ2v) is 8.02. The van der Waals surface area contributed by atoms with Crippen molar-refractivity contribution >= 4 is 5.91 Å². The number of aromatic nitrogens is 2. The van der Waals surface area contributed by atoms with Crippen LogP contribution >= 0.6 is 0 Å². The minimum absolute atomic E-state index is 0.0147. The van der Waals surface area contributed by atoms with Gasteiger partial charge in [0.1, 0.15) is 0 Å². The molecule has 1 saturated heterocycles. The molecule has 6 nitrogen and oxygen atoms in total. The molecule has 31 heavy (non-hydrogen) atoms. The normalized spacial score (nSPS) is 15.5. The van der Waals surface area contributed by atoms with Crippen molar-refractivity contribution in [1.82, 2.24) is 20.0 Å². The van der Waals surface area contributed by atoms with Gasteiger partial charge in [-0.05, 0) is 31.5 Å².